The number of benzene rings is 2. The number of hydrogen-bond acceptors (Lipinski definition) is 8. The van der Waals surface area contributed by atoms with Crippen molar-refractivity contribution in [2.45, 2.75) is 48.3 Å². The first kappa shape index (κ1) is 28.4. The first-order valence-electron chi connectivity index (χ1n) is 10.1. The van der Waals surface area contributed by atoms with Crippen LogP contribution in [0.25, 0.3) is 0 Å². The lowest BCUT2D eigenvalue weighted by Crippen LogP contribution is -2.29. The maximum atomic E-state index is 12.2. The normalized spacial score (nSPS) is 15.1. The third-order valence-corrected chi connectivity index (χ3v) is 11.0. The first-order valence-corrected chi connectivity index (χ1v) is 16.9. The Morgan fingerprint density at radius 3 is 1.32 bits per heavy atom. The van der Waals surface area contributed by atoms with E-state index in [9.17, 15) is 33.7 Å². The zero-order valence-electron chi connectivity index (χ0n) is 19.1. The summed E-state index contributed by atoms with van der Waals surface area (Å²) in [6.45, 7) is 3.95. The van der Waals surface area contributed by atoms with Gasteiger partial charge in [-0.2, -0.15) is 0 Å². The molecule has 2 aromatic carbocycles. The van der Waals surface area contributed by atoms with Gasteiger partial charge in [0.2, 0.25) is 20.0 Å². The number of hydrogen-bond donors (Lipinski definition) is 2. The van der Waals surface area contributed by atoms with Crippen molar-refractivity contribution in [2.75, 3.05) is 12.5 Å². The van der Waals surface area contributed by atoms with Gasteiger partial charge >= 0.3 is 0 Å². The number of nitrogens with one attached hydrogen (secondary N) is 2. The van der Waals surface area contributed by atoms with Gasteiger partial charge in [0.15, 0.2) is 0 Å². The molecular formula is C20H28N2O8S4. The van der Waals surface area contributed by atoms with Crippen LogP contribution in [-0.4, -0.2) is 46.2 Å². The summed E-state index contributed by atoms with van der Waals surface area (Å²) in [5.41, 5.74) is 1.73. The van der Waals surface area contributed by atoms with Crippen molar-refractivity contribution in [3.63, 3.8) is 0 Å². The van der Waals surface area contributed by atoms with E-state index in [1.807, 2.05) is 13.8 Å². The predicted octanol–water partition coefficient (Wildman–Crippen LogP) is 1.85. The highest BCUT2D eigenvalue weighted by Gasteiger charge is 2.22. The van der Waals surface area contributed by atoms with Gasteiger partial charge in [0.1, 0.15) is 0 Å². The van der Waals surface area contributed by atoms with Crippen molar-refractivity contribution in [1.82, 2.24) is 8.25 Å². The van der Waals surface area contributed by atoms with Crippen molar-refractivity contribution in [1.29, 1.82) is 0 Å². The SMILES string of the molecule is CCC(CC(C)c1ccc(S(=O)(=O)NS(C)(=O)=O)cc1)c1ccc(S(=O)(=O)NS(C)(=O)=O)cc1. The van der Waals surface area contributed by atoms with E-state index in [4.69, 9.17) is 0 Å². The molecular weight excluding hydrogens is 524 g/mol. The molecule has 0 fully saturated rings. The van der Waals surface area contributed by atoms with Crippen LogP contribution >= 0.6 is 0 Å². The van der Waals surface area contributed by atoms with Crippen LogP contribution < -0.4 is 8.25 Å². The van der Waals surface area contributed by atoms with Gasteiger partial charge in [-0.05, 0) is 60.1 Å². The Hall–Kier alpha value is -1.84. The summed E-state index contributed by atoms with van der Waals surface area (Å²) in [5.74, 6) is 0.0739. The average molecular weight is 553 g/mol. The van der Waals surface area contributed by atoms with Crippen LogP contribution in [0.5, 0.6) is 0 Å². The molecule has 2 unspecified atom stereocenters. The maximum absolute atomic E-state index is 12.2. The fourth-order valence-corrected chi connectivity index (χ4v) is 8.44. The Bertz CT molecular complexity index is 1430. The highest BCUT2D eigenvalue weighted by Crippen LogP contribution is 2.32. The largest absolute Gasteiger partial charge is 0.253 e. The average Bonchev–Trinajstić information content (AvgIpc) is 2.68. The van der Waals surface area contributed by atoms with Crippen molar-refractivity contribution in [3.05, 3.63) is 59.7 Å². The van der Waals surface area contributed by atoms with E-state index in [0.717, 1.165) is 30.1 Å². The summed E-state index contributed by atoms with van der Waals surface area (Å²) < 4.78 is 96.9. The topological polar surface area (TPSA) is 161 Å². The van der Waals surface area contributed by atoms with Crippen LogP contribution in [0.1, 0.15) is 49.7 Å². The number of rotatable bonds is 11. The minimum absolute atomic E-state index is 0.0138. The molecule has 190 valence electrons. The smallest absolute Gasteiger partial charge is 0.212 e. The molecule has 2 atom stereocenters. The molecule has 2 N–H and O–H groups in total. The molecule has 10 nitrogen and oxygen atoms in total. The van der Waals surface area contributed by atoms with E-state index in [2.05, 4.69) is 0 Å². The van der Waals surface area contributed by atoms with E-state index in [-0.39, 0.29) is 21.6 Å². The Morgan fingerprint density at radius 2 is 1.00 bits per heavy atom. The minimum Gasteiger partial charge on any atom is -0.212 e. The summed E-state index contributed by atoms with van der Waals surface area (Å²) >= 11 is 0. The quantitative estimate of drug-likeness (QED) is 0.427. The summed E-state index contributed by atoms with van der Waals surface area (Å²) in [6, 6.07) is 11.9. The predicted molar refractivity (Wildman–Crippen MR) is 129 cm³/mol. The second kappa shape index (κ2) is 10.4. The molecule has 0 saturated heterocycles. The Kier molecular flexibility index (Phi) is 8.70. The molecule has 34 heavy (non-hydrogen) atoms. The molecule has 0 aliphatic carbocycles. The lowest BCUT2D eigenvalue weighted by Gasteiger charge is -2.21. The van der Waals surface area contributed by atoms with Crippen LogP contribution in [-0.2, 0) is 40.1 Å². The molecule has 0 amide bonds. The second-order valence-corrected chi connectivity index (χ2v) is 15.5. The fourth-order valence-electron chi connectivity index (χ4n) is 3.49. The fraction of sp³-hybridized carbons (Fsp3) is 0.400. The Balaban J connectivity index is 2.18. The summed E-state index contributed by atoms with van der Waals surface area (Å²) in [7, 11) is -16.3. The van der Waals surface area contributed by atoms with E-state index < -0.39 is 40.1 Å². The molecule has 0 radical (unpaired) electrons. The molecule has 0 aliphatic heterocycles. The molecule has 14 heteroatoms. The second-order valence-electron chi connectivity index (χ2n) is 8.10. The van der Waals surface area contributed by atoms with Crippen molar-refractivity contribution < 1.29 is 33.7 Å². The van der Waals surface area contributed by atoms with Crippen molar-refractivity contribution >= 4 is 40.1 Å². The van der Waals surface area contributed by atoms with Gasteiger partial charge in [-0.25, -0.2) is 33.7 Å². The van der Waals surface area contributed by atoms with Gasteiger partial charge in [0.25, 0.3) is 20.0 Å². The summed E-state index contributed by atoms with van der Waals surface area (Å²) in [5, 5.41) is 0. The van der Waals surface area contributed by atoms with Gasteiger partial charge in [-0.1, -0.05) is 38.1 Å². The van der Waals surface area contributed by atoms with Gasteiger partial charge < -0.3 is 0 Å². The summed E-state index contributed by atoms with van der Waals surface area (Å²) in [6.07, 6.45) is 2.95. The lowest BCUT2D eigenvalue weighted by molar-refractivity contribution is 0.543. The standard InChI is InChI=1S/C20H28N2O8S4/c1-5-16(18-8-12-20(13-9-18)34(29,30)22-32(4,25)26)14-15(2)17-6-10-19(11-7-17)33(27,28)21-31(3,23)24/h6-13,15-16,21-22H,5,14H2,1-4H3. The van der Waals surface area contributed by atoms with Gasteiger partial charge in [0, 0.05) is 0 Å². The van der Waals surface area contributed by atoms with E-state index in [0.29, 0.717) is 6.42 Å². The van der Waals surface area contributed by atoms with Crippen LogP contribution in [0, 0.1) is 0 Å². The number of sulfonamides is 4. The van der Waals surface area contributed by atoms with Gasteiger partial charge in [-0.3, -0.25) is 0 Å². The zero-order chi connectivity index (χ0) is 25.9. The molecule has 0 spiro atoms. The third-order valence-electron chi connectivity index (χ3n) is 5.07. The maximum Gasteiger partial charge on any atom is 0.253 e. The van der Waals surface area contributed by atoms with Gasteiger partial charge in [0.05, 0.1) is 22.3 Å². The van der Waals surface area contributed by atoms with E-state index in [1.54, 1.807) is 32.5 Å². The zero-order valence-corrected chi connectivity index (χ0v) is 22.4. The Labute approximate surface area is 202 Å². The lowest BCUT2D eigenvalue weighted by atomic mass is 9.85. The highest BCUT2D eigenvalue weighted by molar-refractivity contribution is 8.04. The molecule has 0 aromatic heterocycles. The summed E-state index contributed by atoms with van der Waals surface area (Å²) in [4.78, 5) is -0.329. The van der Waals surface area contributed by atoms with E-state index in [1.165, 1.54) is 24.3 Å². The van der Waals surface area contributed by atoms with Gasteiger partial charge in [-0.15, -0.1) is 8.25 Å². The molecule has 0 bridgehead atoms. The van der Waals surface area contributed by atoms with Crippen molar-refractivity contribution in [2.24, 2.45) is 0 Å². The monoisotopic (exact) mass is 552 g/mol. The van der Waals surface area contributed by atoms with Crippen LogP contribution in [0.4, 0.5) is 0 Å². The molecule has 0 saturated carbocycles. The third kappa shape index (κ3) is 8.13. The van der Waals surface area contributed by atoms with Crippen LogP contribution in [0.2, 0.25) is 0 Å². The molecule has 0 aliphatic rings. The van der Waals surface area contributed by atoms with E-state index >= 15 is 0 Å². The van der Waals surface area contributed by atoms with Crippen LogP contribution in [0.3, 0.4) is 0 Å². The molecule has 0 heterocycles. The highest BCUT2D eigenvalue weighted by atomic mass is 32.3. The molecule has 2 rings (SSSR count). The molecule has 2 aromatic rings. The minimum atomic E-state index is -4.19. The first-order chi connectivity index (χ1) is 15.4. The Morgan fingerprint density at radius 1 is 0.647 bits per heavy atom. The van der Waals surface area contributed by atoms with Crippen molar-refractivity contribution in [3.8, 4) is 0 Å². The van der Waals surface area contributed by atoms with Crippen LogP contribution in [0.15, 0.2) is 58.3 Å².